The molecule has 0 spiro atoms. The van der Waals surface area contributed by atoms with Crippen molar-refractivity contribution >= 4 is 11.7 Å². The first kappa shape index (κ1) is 24.0. The van der Waals surface area contributed by atoms with Gasteiger partial charge in [0.15, 0.2) is 5.75 Å². The summed E-state index contributed by atoms with van der Waals surface area (Å²) in [7, 11) is 1.29. The van der Waals surface area contributed by atoms with Gasteiger partial charge in [0, 0.05) is 24.7 Å². The molecule has 0 saturated heterocycles. The zero-order valence-corrected chi connectivity index (χ0v) is 19.9. The molecular formula is C30H28FNO3. The lowest BCUT2D eigenvalue weighted by Gasteiger charge is -2.29. The van der Waals surface area contributed by atoms with Gasteiger partial charge in [-0.25, -0.2) is 9.18 Å². The van der Waals surface area contributed by atoms with Crippen LogP contribution in [0.3, 0.4) is 0 Å². The Morgan fingerprint density at radius 1 is 0.800 bits per heavy atom. The van der Waals surface area contributed by atoms with Crippen molar-refractivity contribution in [3.05, 3.63) is 131 Å². The molecule has 0 saturated carbocycles. The number of esters is 1. The van der Waals surface area contributed by atoms with E-state index in [2.05, 4.69) is 0 Å². The van der Waals surface area contributed by atoms with Gasteiger partial charge in [0.25, 0.3) is 0 Å². The van der Waals surface area contributed by atoms with E-state index in [-0.39, 0.29) is 17.7 Å². The van der Waals surface area contributed by atoms with Crippen LogP contribution in [0.25, 0.3) is 0 Å². The molecule has 0 bridgehead atoms. The minimum Gasteiger partial charge on any atom is -0.486 e. The highest BCUT2D eigenvalue weighted by Crippen LogP contribution is 2.38. The summed E-state index contributed by atoms with van der Waals surface area (Å²) in [6.45, 7) is 2.80. The number of carbonyl (C=O) groups is 1. The van der Waals surface area contributed by atoms with E-state index in [0.29, 0.717) is 24.5 Å². The largest absolute Gasteiger partial charge is 0.486 e. The molecule has 178 valence electrons. The number of rotatable bonds is 9. The summed E-state index contributed by atoms with van der Waals surface area (Å²) < 4.78 is 26.5. The zero-order valence-electron chi connectivity index (χ0n) is 19.9. The van der Waals surface area contributed by atoms with Crippen LogP contribution in [0.2, 0.25) is 0 Å². The predicted octanol–water partition coefficient (Wildman–Crippen LogP) is 6.71. The van der Waals surface area contributed by atoms with Gasteiger partial charge in [0.2, 0.25) is 0 Å². The Labute approximate surface area is 205 Å². The Morgan fingerprint density at radius 2 is 1.29 bits per heavy atom. The molecule has 0 aliphatic carbocycles. The van der Waals surface area contributed by atoms with Crippen LogP contribution in [-0.4, -0.2) is 13.1 Å². The molecule has 0 fully saturated rings. The highest BCUT2D eigenvalue weighted by Gasteiger charge is 2.26. The van der Waals surface area contributed by atoms with Gasteiger partial charge < -0.3 is 14.4 Å². The standard InChI is InChI=1S/C30H28FNO3/c1-22-26(31)18-27(29(28(22)30(33)34-2)35-21-25-16-10-5-11-17-25)32(19-23-12-6-3-7-13-23)20-24-14-8-4-9-15-24/h3-18H,19-21H2,1-2H3. The molecule has 0 atom stereocenters. The number of anilines is 1. The maximum absolute atomic E-state index is 15.2. The molecule has 0 aromatic heterocycles. The number of halogens is 1. The Morgan fingerprint density at radius 3 is 1.77 bits per heavy atom. The third-order valence-electron chi connectivity index (χ3n) is 5.85. The molecule has 5 heteroatoms. The summed E-state index contributed by atoms with van der Waals surface area (Å²) in [5, 5.41) is 0. The second kappa shape index (κ2) is 11.3. The van der Waals surface area contributed by atoms with E-state index >= 15 is 4.39 Å². The van der Waals surface area contributed by atoms with Gasteiger partial charge in [-0.1, -0.05) is 91.0 Å². The van der Waals surface area contributed by atoms with Crippen molar-refractivity contribution in [1.29, 1.82) is 0 Å². The molecule has 0 aliphatic rings. The average Bonchev–Trinajstić information content (AvgIpc) is 2.90. The Balaban J connectivity index is 1.83. The summed E-state index contributed by atoms with van der Waals surface area (Å²) >= 11 is 0. The highest BCUT2D eigenvalue weighted by atomic mass is 19.1. The van der Waals surface area contributed by atoms with E-state index in [1.165, 1.54) is 13.2 Å². The molecule has 0 radical (unpaired) electrons. The van der Waals surface area contributed by atoms with Gasteiger partial charge >= 0.3 is 5.97 Å². The molecule has 35 heavy (non-hydrogen) atoms. The minimum atomic E-state index is -0.634. The first-order valence-electron chi connectivity index (χ1n) is 11.5. The van der Waals surface area contributed by atoms with Crippen LogP contribution in [0, 0.1) is 12.7 Å². The quantitative estimate of drug-likeness (QED) is 0.256. The van der Waals surface area contributed by atoms with E-state index in [0.717, 1.165) is 16.7 Å². The third kappa shape index (κ3) is 5.87. The van der Waals surface area contributed by atoms with E-state index in [4.69, 9.17) is 9.47 Å². The molecule has 4 aromatic rings. The Hall–Kier alpha value is -4.12. The lowest BCUT2D eigenvalue weighted by molar-refractivity contribution is 0.0594. The molecule has 4 aromatic carbocycles. The van der Waals surface area contributed by atoms with Crippen LogP contribution in [0.15, 0.2) is 97.1 Å². The molecule has 0 unspecified atom stereocenters. The number of hydrogen-bond donors (Lipinski definition) is 0. The minimum absolute atomic E-state index is 0.101. The van der Waals surface area contributed by atoms with Gasteiger partial charge in [-0.05, 0) is 23.6 Å². The number of nitrogens with zero attached hydrogens (tertiary/aromatic N) is 1. The fourth-order valence-electron chi connectivity index (χ4n) is 4.00. The number of methoxy groups -OCH3 is 1. The van der Waals surface area contributed by atoms with Crippen LogP contribution in [-0.2, 0) is 24.4 Å². The fourth-order valence-corrected chi connectivity index (χ4v) is 4.00. The maximum atomic E-state index is 15.2. The molecule has 0 amide bonds. The topological polar surface area (TPSA) is 38.8 Å². The van der Waals surface area contributed by atoms with Gasteiger partial charge in [-0.2, -0.15) is 0 Å². The molecule has 0 heterocycles. The lowest BCUT2D eigenvalue weighted by Crippen LogP contribution is -2.24. The van der Waals surface area contributed by atoms with E-state index < -0.39 is 11.8 Å². The molecule has 4 nitrogen and oxygen atoms in total. The van der Waals surface area contributed by atoms with Gasteiger partial charge in [0.1, 0.15) is 18.0 Å². The number of hydrogen-bond acceptors (Lipinski definition) is 4. The van der Waals surface area contributed by atoms with Crippen LogP contribution < -0.4 is 9.64 Å². The summed E-state index contributed by atoms with van der Waals surface area (Å²) in [5.41, 5.74) is 3.84. The third-order valence-corrected chi connectivity index (χ3v) is 5.85. The molecule has 0 N–H and O–H groups in total. The van der Waals surface area contributed by atoms with Gasteiger partial charge in [-0.3, -0.25) is 0 Å². The normalized spacial score (nSPS) is 10.6. The number of benzene rings is 4. The second-order valence-electron chi connectivity index (χ2n) is 8.30. The average molecular weight is 470 g/mol. The van der Waals surface area contributed by atoms with E-state index in [1.807, 2.05) is 95.9 Å². The summed E-state index contributed by atoms with van der Waals surface area (Å²) in [4.78, 5) is 14.9. The summed E-state index contributed by atoms with van der Waals surface area (Å²) in [6, 6.07) is 31.0. The van der Waals surface area contributed by atoms with E-state index in [9.17, 15) is 4.79 Å². The van der Waals surface area contributed by atoms with Gasteiger partial charge in [0.05, 0.1) is 12.8 Å². The van der Waals surface area contributed by atoms with Crippen LogP contribution in [0.5, 0.6) is 5.75 Å². The van der Waals surface area contributed by atoms with Gasteiger partial charge in [-0.15, -0.1) is 0 Å². The fraction of sp³-hybridized carbons (Fsp3) is 0.167. The monoisotopic (exact) mass is 469 g/mol. The highest BCUT2D eigenvalue weighted by molar-refractivity contribution is 5.96. The number of ether oxygens (including phenoxy) is 2. The zero-order chi connectivity index (χ0) is 24.6. The number of carbonyl (C=O) groups excluding carboxylic acids is 1. The van der Waals surface area contributed by atoms with Crippen molar-refractivity contribution in [3.8, 4) is 5.75 Å². The molecular weight excluding hydrogens is 441 g/mol. The van der Waals surface area contributed by atoms with Crippen molar-refractivity contribution < 1.29 is 18.7 Å². The molecule has 4 rings (SSSR count). The van der Waals surface area contributed by atoms with E-state index in [1.54, 1.807) is 6.92 Å². The van der Waals surface area contributed by atoms with Crippen molar-refractivity contribution in [2.75, 3.05) is 12.0 Å². The van der Waals surface area contributed by atoms with Crippen molar-refractivity contribution in [1.82, 2.24) is 0 Å². The second-order valence-corrected chi connectivity index (χ2v) is 8.30. The maximum Gasteiger partial charge on any atom is 0.342 e. The first-order valence-corrected chi connectivity index (χ1v) is 11.5. The van der Waals surface area contributed by atoms with Crippen molar-refractivity contribution in [3.63, 3.8) is 0 Å². The first-order chi connectivity index (χ1) is 17.1. The Kier molecular flexibility index (Phi) is 7.78. The predicted molar refractivity (Wildman–Crippen MR) is 136 cm³/mol. The SMILES string of the molecule is COC(=O)c1c(C)c(F)cc(N(Cc2ccccc2)Cc2ccccc2)c1OCc1ccccc1. The lowest BCUT2D eigenvalue weighted by atomic mass is 10.0. The van der Waals surface area contributed by atoms with Crippen LogP contribution in [0.1, 0.15) is 32.6 Å². The van der Waals surface area contributed by atoms with Crippen molar-refractivity contribution in [2.45, 2.75) is 26.6 Å². The summed E-state index contributed by atoms with van der Waals surface area (Å²) in [6.07, 6.45) is 0. The Bertz CT molecular complexity index is 1220. The van der Waals surface area contributed by atoms with Crippen molar-refractivity contribution in [2.24, 2.45) is 0 Å². The summed E-state index contributed by atoms with van der Waals surface area (Å²) in [5.74, 6) is -0.810. The smallest absolute Gasteiger partial charge is 0.342 e. The molecule has 0 aliphatic heterocycles. The van der Waals surface area contributed by atoms with Crippen LogP contribution >= 0.6 is 0 Å². The van der Waals surface area contributed by atoms with Crippen LogP contribution in [0.4, 0.5) is 10.1 Å².